The second kappa shape index (κ2) is 11.0. The van der Waals surface area contributed by atoms with Gasteiger partial charge in [-0.25, -0.2) is 23.1 Å². The normalized spacial score (nSPS) is 13.0. The lowest BCUT2D eigenvalue weighted by Gasteiger charge is -2.28. The molecule has 1 N–H and O–H groups in total. The summed E-state index contributed by atoms with van der Waals surface area (Å²) in [5.41, 5.74) is 0.00568. The van der Waals surface area contributed by atoms with Gasteiger partial charge in [0.1, 0.15) is 18.2 Å². The lowest BCUT2D eigenvalue weighted by molar-refractivity contribution is -0.135. The fraction of sp³-hybridized carbons (Fsp3) is 0.368. The predicted molar refractivity (Wildman–Crippen MR) is 109 cm³/mol. The second-order valence-electron chi connectivity index (χ2n) is 6.76. The van der Waals surface area contributed by atoms with Crippen LogP contribution in [0.2, 0.25) is 0 Å². The highest BCUT2D eigenvalue weighted by Crippen LogP contribution is 2.28. The Kier molecular flexibility index (Phi) is 8.30. The van der Waals surface area contributed by atoms with Gasteiger partial charge in [-0.15, -0.1) is 10.2 Å². The van der Waals surface area contributed by atoms with E-state index in [0.717, 1.165) is 40.8 Å². The summed E-state index contributed by atoms with van der Waals surface area (Å²) in [6, 6.07) is 1.62. The standard InChI is InChI=1S/C19H17F7N6OS/c1-2-34-32(9-19(24,25)26)8-14(12-4-3-11(20)5-13(12)21)29-18-27-6-10(7-28-18)16-30-31-17(33-16)15(22)23/h3-7,14-15H,2,8-9H2,1H3,(H,27,28,29). The zero-order chi connectivity index (χ0) is 24.9. The monoisotopic (exact) mass is 510 g/mol. The van der Waals surface area contributed by atoms with Crippen LogP contribution in [0.1, 0.15) is 30.8 Å². The van der Waals surface area contributed by atoms with Crippen LogP contribution < -0.4 is 5.32 Å². The predicted octanol–water partition coefficient (Wildman–Crippen LogP) is 5.43. The Morgan fingerprint density at radius 1 is 1.12 bits per heavy atom. The molecule has 1 atom stereocenters. The molecule has 2 heterocycles. The van der Waals surface area contributed by atoms with Crippen molar-refractivity contribution in [2.45, 2.75) is 25.6 Å². The molecule has 0 spiro atoms. The summed E-state index contributed by atoms with van der Waals surface area (Å²) in [6.45, 7) is 0.0663. The van der Waals surface area contributed by atoms with E-state index < -0.39 is 42.7 Å². The molecule has 0 aliphatic carbocycles. The SMILES string of the molecule is CCSN(CC(Nc1ncc(-c2nnc(C(F)F)o2)cn1)c1ccc(F)cc1F)CC(F)(F)F. The van der Waals surface area contributed by atoms with E-state index in [4.69, 9.17) is 4.42 Å². The van der Waals surface area contributed by atoms with E-state index in [1.165, 1.54) is 0 Å². The first-order valence-electron chi connectivity index (χ1n) is 9.65. The highest BCUT2D eigenvalue weighted by molar-refractivity contribution is 7.96. The maximum atomic E-state index is 14.5. The maximum Gasteiger partial charge on any atom is 0.402 e. The Labute approximate surface area is 192 Å². The second-order valence-corrected chi connectivity index (χ2v) is 8.11. The van der Waals surface area contributed by atoms with Crippen LogP contribution in [0.15, 0.2) is 35.0 Å². The first-order chi connectivity index (χ1) is 16.1. The number of rotatable bonds is 10. The molecular formula is C19H17F7N6OS. The minimum atomic E-state index is -4.51. The number of alkyl halides is 5. The van der Waals surface area contributed by atoms with Crippen LogP contribution in [0.3, 0.4) is 0 Å². The fourth-order valence-corrected chi connectivity index (χ4v) is 3.72. The molecule has 0 aliphatic heterocycles. The molecule has 2 aromatic heterocycles. The molecule has 1 unspecified atom stereocenters. The van der Waals surface area contributed by atoms with Crippen molar-refractivity contribution in [1.82, 2.24) is 24.5 Å². The van der Waals surface area contributed by atoms with Crippen molar-refractivity contribution in [2.24, 2.45) is 0 Å². The van der Waals surface area contributed by atoms with Gasteiger partial charge in [0.25, 0.3) is 11.8 Å². The van der Waals surface area contributed by atoms with Gasteiger partial charge in [0.05, 0.1) is 11.6 Å². The number of anilines is 1. The molecule has 0 saturated heterocycles. The quantitative estimate of drug-likeness (QED) is 0.286. The van der Waals surface area contributed by atoms with Gasteiger partial charge in [-0.2, -0.15) is 22.0 Å². The van der Waals surface area contributed by atoms with Crippen LogP contribution in [-0.4, -0.2) is 49.5 Å². The Balaban J connectivity index is 1.85. The van der Waals surface area contributed by atoms with Crippen molar-refractivity contribution in [3.05, 3.63) is 53.7 Å². The van der Waals surface area contributed by atoms with Gasteiger partial charge in [-0.1, -0.05) is 24.9 Å². The lowest BCUT2D eigenvalue weighted by atomic mass is 10.1. The molecule has 7 nitrogen and oxygen atoms in total. The molecule has 0 radical (unpaired) electrons. The van der Waals surface area contributed by atoms with Crippen molar-refractivity contribution >= 4 is 17.9 Å². The van der Waals surface area contributed by atoms with Crippen LogP contribution in [0.4, 0.5) is 36.7 Å². The Bertz CT molecular complexity index is 1080. The van der Waals surface area contributed by atoms with Gasteiger partial charge in [-0.3, -0.25) is 0 Å². The largest absolute Gasteiger partial charge is 0.415 e. The van der Waals surface area contributed by atoms with Crippen LogP contribution in [-0.2, 0) is 0 Å². The van der Waals surface area contributed by atoms with E-state index in [1.807, 2.05) is 0 Å². The topological polar surface area (TPSA) is 80.0 Å². The molecule has 0 fully saturated rings. The summed E-state index contributed by atoms with van der Waals surface area (Å²) in [7, 11) is 0. The number of hydrogen-bond donors (Lipinski definition) is 1. The Hall–Kier alpha value is -2.94. The minimum Gasteiger partial charge on any atom is -0.415 e. The van der Waals surface area contributed by atoms with Gasteiger partial charge in [0.15, 0.2) is 0 Å². The van der Waals surface area contributed by atoms with Crippen LogP contribution in [0.5, 0.6) is 0 Å². The molecule has 0 aliphatic rings. The number of nitrogens with zero attached hydrogens (tertiary/aromatic N) is 5. The van der Waals surface area contributed by atoms with E-state index in [0.29, 0.717) is 11.8 Å². The van der Waals surface area contributed by atoms with Crippen molar-refractivity contribution in [3.8, 4) is 11.5 Å². The first-order valence-corrected chi connectivity index (χ1v) is 10.6. The van der Waals surface area contributed by atoms with Crippen LogP contribution >= 0.6 is 11.9 Å². The molecule has 0 saturated carbocycles. The summed E-state index contributed by atoms with van der Waals surface area (Å²) < 4.78 is 97.9. The number of hydrogen-bond acceptors (Lipinski definition) is 8. The van der Waals surface area contributed by atoms with Gasteiger partial charge >= 0.3 is 12.6 Å². The van der Waals surface area contributed by atoms with Crippen LogP contribution in [0.25, 0.3) is 11.5 Å². The first kappa shape index (κ1) is 25.7. The Morgan fingerprint density at radius 3 is 2.38 bits per heavy atom. The summed E-state index contributed by atoms with van der Waals surface area (Å²) in [5.74, 6) is -2.75. The lowest BCUT2D eigenvalue weighted by Crippen LogP contribution is -2.35. The molecule has 3 aromatic rings. The van der Waals surface area contributed by atoms with E-state index >= 15 is 0 Å². The average Bonchev–Trinajstić information content (AvgIpc) is 3.24. The van der Waals surface area contributed by atoms with Gasteiger partial charge < -0.3 is 9.73 Å². The molecule has 0 bridgehead atoms. The van der Waals surface area contributed by atoms with E-state index in [-0.39, 0.29) is 29.5 Å². The zero-order valence-corrected chi connectivity index (χ0v) is 18.2. The number of nitrogens with one attached hydrogen (secondary N) is 1. The molecule has 0 amide bonds. The Morgan fingerprint density at radius 2 is 1.82 bits per heavy atom. The highest BCUT2D eigenvalue weighted by atomic mass is 32.2. The van der Waals surface area contributed by atoms with Crippen molar-refractivity contribution in [2.75, 3.05) is 24.2 Å². The van der Waals surface area contributed by atoms with Crippen molar-refractivity contribution in [1.29, 1.82) is 0 Å². The molecule has 15 heteroatoms. The fourth-order valence-electron chi connectivity index (χ4n) is 2.86. The van der Waals surface area contributed by atoms with E-state index in [2.05, 4.69) is 25.5 Å². The van der Waals surface area contributed by atoms with Crippen LogP contribution in [0, 0.1) is 11.6 Å². The third-order valence-corrected chi connectivity index (χ3v) is 5.12. The summed E-state index contributed by atoms with van der Waals surface area (Å²) in [5, 5.41) is 9.39. The summed E-state index contributed by atoms with van der Waals surface area (Å²) >= 11 is 0.897. The summed E-state index contributed by atoms with van der Waals surface area (Å²) in [6.07, 6.45) is -5.16. The van der Waals surface area contributed by atoms with Gasteiger partial charge in [0, 0.05) is 36.3 Å². The van der Waals surface area contributed by atoms with Crippen molar-refractivity contribution < 1.29 is 35.2 Å². The third-order valence-electron chi connectivity index (χ3n) is 4.22. The molecule has 184 valence electrons. The van der Waals surface area contributed by atoms with Gasteiger partial charge in [-0.05, 0) is 6.07 Å². The van der Waals surface area contributed by atoms with Gasteiger partial charge in [0.2, 0.25) is 5.95 Å². The molecular weight excluding hydrogens is 493 g/mol. The maximum absolute atomic E-state index is 14.5. The van der Waals surface area contributed by atoms with E-state index in [1.54, 1.807) is 6.92 Å². The smallest absolute Gasteiger partial charge is 0.402 e. The van der Waals surface area contributed by atoms with E-state index in [9.17, 15) is 30.7 Å². The molecule has 1 aromatic carbocycles. The molecule has 3 rings (SSSR count). The minimum absolute atomic E-state index is 0.101. The third kappa shape index (κ3) is 7.03. The average molecular weight is 510 g/mol. The zero-order valence-electron chi connectivity index (χ0n) is 17.4. The number of aromatic nitrogens is 4. The number of halogens is 7. The molecule has 34 heavy (non-hydrogen) atoms. The number of benzene rings is 1. The van der Waals surface area contributed by atoms with Crippen molar-refractivity contribution in [3.63, 3.8) is 0 Å². The highest BCUT2D eigenvalue weighted by Gasteiger charge is 2.33. The summed E-state index contributed by atoms with van der Waals surface area (Å²) in [4.78, 5) is 7.94.